The zero-order valence-electron chi connectivity index (χ0n) is 11.1. The summed E-state index contributed by atoms with van der Waals surface area (Å²) in [5, 5.41) is 3.28. The highest BCUT2D eigenvalue weighted by molar-refractivity contribution is 5.94. The molecule has 1 aromatic rings. The van der Waals surface area contributed by atoms with Crippen molar-refractivity contribution in [1.29, 1.82) is 0 Å². The lowest BCUT2D eigenvalue weighted by Gasteiger charge is -2.27. The topological polar surface area (TPSA) is 54.5 Å². The molecule has 1 N–H and O–H groups in total. The van der Waals surface area contributed by atoms with Crippen LogP contribution in [0.15, 0.2) is 18.3 Å². The molecular weight excluding hydrogens is 230 g/mol. The molecule has 0 bridgehead atoms. The fourth-order valence-electron chi connectivity index (χ4n) is 1.79. The minimum absolute atomic E-state index is 0.0143. The van der Waals surface area contributed by atoms with Gasteiger partial charge < -0.3 is 15.0 Å². The van der Waals surface area contributed by atoms with Crippen molar-refractivity contribution in [2.45, 2.75) is 26.3 Å². The maximum Gasteiger partial charge on any atom is 0.253 e. The van der Waals surface area contributed by atoms with Gasteiger partial charge in [-0.1, -0.05) is 0 Å². The normalized spacial score (nSPS) is 16.8. The number of nitrogens with one attached hydrogen (secondary N) is 1. The van der Waals surface area contributed by atoms with Gasteiger partial charge in [0.25, 0.3) is 5.91 Å². The van der Waals surface area contributed by atoms with Gasteiger partial charge in [0.2, 0.25) is 0 Å². The molecule has 1 fully saturated rings. The van der Waals surface area contributed by atoms with Gasteiger partial charge in [-0.3, -0.25) is 4.79 Å². The standard InChI is InChI=1S/C13H19N3O2/c1-13(2,3)15-11-5-4-10(8-14-11)16-6-7-18-9-12(16)17/h4-5,8H,6-7,9H2,1-3H3,(H,14,15). The van der Waals surface area contributed by atoms with Crippen molar-refractivity contribution >= 4 is 17.4 Å². The number of rotatable bonds is 2. The van der Waals surface area contributed by atoms with Crippen molar-refractivity contribution in [3.8, 4) is 0 Å². The summed E-state index contributed by atoms with van der Waals surface area (Å²) in [6.45, 7) is 7.55. The summed E-state index contributed by atoms with van der Waals surface area (Å²) in [6.07, 6.45) is 1.72. The van der Waals surface area contributed by atoms with Crippen LogP contribution in [0.5, 0.6) is 0 Å². The summed E-state index contributed by atoms with van der Waals surface area (Å²) >= 11 is 0. The first-order valence-electron chi connectivity index (χ1n) is 6.08. The molecule has 1 aliphatic heterocycles. The van der Waals surface area contributed by atoms with Crippen LogP contribution in [0, 0.1) is 0 Å². The summed E-state index contributed by atoms with van der Waals surface area (Å²) < 4.78 is 5.10. The van der Waals surface area contributed by atoms with Crippen LogP contribution in [-0.4, -0.2) is 36.2 Å². The van der Waals surface area contributed by atoms with Crippen LogP contribution in [0.2, 0.25) is 0 Å². The van der Waals surface area contributed by atoms with E-state index in [4.69, 9.17) is 4.74 Å². The Morgan fingerprint density at radius 3 is 2.72 bits per heavy atom. The summed E-state index contributed by atoms with van der Waals surface area (Å²) in [5.41, 5.74) is 0.797. The Morgan fingerprint density at radius 2 is 2.17 bits per heavy atom. The zero-order chi connectivity index (χ0) is 13.2. The molecule has 98 valence electrons. The lowest BCUT2D eigenvalue weighted by molar-refractivity contribution is -0.125. The maximum absolute atomic E-state index is 11.7. The minimum Gasteiger partial charge on any atom is -0.370 e. The van der Waals surface area contributed by atoms with Crippen LogP contribution in [0.1, 0.15) is 20.8 Å². The van der Waals surface area contributed by atoms with E-state index in [9.17, 15) is 4.79 Å². The number of carbonyl (C=O) groups excluding carboxylic acids is 1. The molecule has 1 saturated heterocycles. The van der Waals surface area contributed by atoms with E-state index in [-0.39, 0.29) is 18.1 Å². The molecule has 0 aromatic carbocycles. The fraction of sp³-hybridized carbons (Fsp3) is 0.538. The highest BCUT2D eigenvalue weighted by atomic mass is 16.5. The molecule has 5 nitrogen and oxygen atoms in total. The number of carbonyl (C=O) groups is 1. The van der Waals surface area contributed by atoms with Crippen LogP contribution in [0.4, 0.5) is 11.5 Å². The van der Waals surface area contributed by atoms with E-state index in [1.165, 1.54) is 0 Å². The fourth-order valence-corrected chi connectivity index (χ4v) is 1.79. The Kier molecular flexibility index (Phi) is 3.52. The first-order chi connectivity index (χ1) is 8.46. The van der Waals surface area contributed by atoms with E-state index in [0.29, 0.717) is 13.2 Å². The molecule has 1 aromatic heterocycles. The average Bonchev–Trinajstić information content (AvgIpc) is 2.29. The monoisotopic (exact) mass is 249 g/mol. The molecule has 0 radical (unpaired) electrons. The number of ether oxygens (including phenoxy) is 1. The number of hydrogen-bond donors (Lipinski definition) is 1. The molecule has 2 rings (SSSR count). The van der Waals surface area contributed by atoms with E-state index < -0.39 is 0 Å². The second-order valence-electron chi connectivity index (χ2n) is 5.37. The maximum atomic E-state index is 11.7. The summed E-state index contributed by atoms with van der Waals surface area (Å²) in [4.78, 5) is 17.7. The molecule has 0 aliphatic carbocycles. The first kappa shape index (κ1) is 12.8. The van der Waals surface area contributed by atoms with Crippen molar-refractivity contribution in [3.05, 3.63) is 18.3 Å². The third-order valence-corrected chi connectivity index (χ3v) is 2.55. The second-order valence-corrected chi connectivity index (χ2v) is 5.37. The Hall–Kier alpha value is -1.62. The molecule has 0 saturated carbocycles. The van der Waals surface area contributed by atoms with Crippen LogP contribution < -0.4 is 10.2 Å². The Bertz CT molecular complexity index is 423. The van der Waals surface area contributed by atoms with Crippen LogP contribution >= 0.6 is 0 Å². The molecule has 5 heteroatoms. The lowest BCUT2D eigenvalue weighted by Crippen LogP contribution is -2.41. The Morgan fingerprint density at radius 1 is 1.39 bits per heavy atom. The Labute approximate surface area is 107 Å². The van der Waals surface area contributed by atoms with Gasteiger partial charge in [-0.15, -0.1) is 0 Å². The van der Waals surface area contributed by atoms with E-state index in [1.807, 2.05) is 12.1 Å². The molecule has 1 aliphatic rings. The van der Waals surface area contributed by atoms with Crippen LogP contribution in [-0.2, 0) is 9.53 Å². The molecule has 0 unspecified atom stereocenters. The minimum atomic E-state index is -0.0245. The number of morpholine rings is 1. The Balaban J connectivity index is 2.09. The van der Waals surface area contributed by atoms with Crippen LogP contribution in [0.3, 0.4) is 0 Å². The van der Waals surface area contributed by atoms with Gasteiger partial charge >= 0.3 is 0 Å². The molecule has 18 heavy (non-hydrogen) atoms. The number of pyridine rings is 1. The van der Waals surface area contributed by atoms with Gasteiger partial charge in [0.1, 0.15) is 12.4 Å². The average molecular weight is 249 g/mol. The van der Waals surface area contributed by atoms with Gasteiger partial charge in [-0.05, 0) is 32.9 Å². The zero-order valence-corrected chi connectivity index (χ0v) is 11.1. The first-order valence-corrected chi connectivity index (χ1v) is 6.08. The SMILES string of the molecule is CC(C)(C)Nc1ccc(N2CCOCC2=O)cn1. The summed E-state index contributed by atoms with van der Waals surface area (Å²) in [6, 6.07) is 3.80. The molecule has 2 heterocycles. The third-order valence-electron chi connectivity index (χ3n) is 2.55. The number of aromatic nitrogens is 1. The van der Waals surface area contributed by atoms with Crippen molar-refractivity contribution in [2.75, 3.05) is 30.0 Å². The highest BCUT2D eigenvalue weighted by Crippen LogP contribution is 2.18. The van der Waals surface area contributed by atoms with Crippen molar-refractivity contribution in [3.63, 3.8) is 0 Å². The van der Waals surface area contributed by atoms with Crippen molar-refractivity contribution in [1.82, 2.24) is 4.98 Å². The van der Waals surface area contributed by atoms with Crippen LogP contribution in [0.25, 0.3) is 0 Å². The smallest absolute Gasteiger partial charge is 0.253 e. The van der Waals surface area contributed by atoms with Gasteiger partial charge in [0.05, 0.1) is 18.5 Å². The van der Waals surface area contributed by atoms with E-state index in [0.717, 1.165) is 11.5 Å². The summed E-state index contributed by atoms with van der Waals surface area (Å²) in [7, 11) is 0. The van der Waals surface area contributed by atoms with Gasteiger partial charge in [-0.2, -0.15) is 0 Å². The van der Waals surface area contributed by atoms with Gasteiger partial charge in [0.15, 0.2) is 0 Å². The third kappa shape index (κ3) is 3.20. The number of hydrogen-bond acceptors (Lipinski definition) is 4. The largest absolute Gasteiger partial charge is 0.370 e. The number of anilines is 2. The predicted molar refractivity (Wildman–Crippen MR) is 70.8 cm³/mol. The number of amides is 1. The highest BCUT2D eigenvalue weighted by Gasteiger charge is 2.20. The molecular formula is C13H19N3O2. The predicted octanol–water partition coefficient (Wildman–Crippen LogP) is 1.66. The van der Waals surface area contributed by atoms with Gasteiger partial charge in [-0.25, -0.2) is 4.98 Å². The van der Waals surface area contributed by atoms with Gasteiger partial charge in [0, 0.05) is 12.1 Å². The second kappa shape index (κ2) is 4.94. The van der Waals surface area contributed by atoms with E-state index in [2.05, 4.69) is 31.1 Å². The van der Waals surface area contributed by atoms with Crippen molar-refractivity contribution in [2.24, 2.45) is 0 Å². The quantitative estimate of drug-likeness (QED) is 0.866. The molecule has 0 atom stereocenters. The lowest BCUT2D eigenvalue weighted by atomic mass is 10.1. The number of nitrogens with zero attached hydrogens (tertiary/aromatic N) is 2. The van der Waals surface area contributed by atoms with E-state index >= 15 is 0 Å². The molecule has 0 spiro atoms. The molecule has 1 amide bonds. The summed E-state index contributed by atoms with van der Waals surface area (Å²) in [5.74, 6) is 0.798. The van der Waals surface area contributed by atoms with E-state index in [1.54, 1.807) is 11.1 Å². The van der Waals surface area contributed by atoms with Crippen molar-refractivity contribution < 1.29 is 9.53 Å².